The third-order valence-corrected chi connectivity index (χ3v) is 3.27. The van der Waals surface area contributed by atoms with Crippen molar-refractivity contribution in [2.24, 2.45) is 0 Å². The molecule has 0 aromatic heterocycles. The Morgan fingerprint density at radius 3 is 2.23 bits per heavy atom. The summed E-state index contributed by atoms with van der Waals surface area (Å²) in [6.07, 6.45) is 0. The maximum absolute atomic E-state index is 12.1. The largest absolute Gasteiger partial charge is 0.322 e. The van der Waals surface area contributed by atoms with Gasteiger partial charge in [0.15, 0.2) is 5.78 Å². The molecule has 112 valence electrons. The number of nitrogens with zero attached hydrogens (tertiary/aromatic N) is 1. The normalized spacial score (nSPS) is 10.1. The molecule has 0 heterocycles. The van der Waals surface area contributed by atoms with Gasteiger partial charge in [0, 0.05) is 22.9 Å². The van der Waals surface area contributed by atoms with E-state index in [2.05, 4.69) is 5.32 Å². The Balaban J connectivity index is 2.20. The first-order valence-electron chi connectivity index (χ1n) is 6.25. The number of carbonyl (C=O) groups is 2. The maximum Gasteiger partial charge on any atom is 0.288 e. The van der Waals surface area contributed by atoms with Gasteiger partial charge in [-0.1, -0.05) is 11.6 Å². The van der Waals surface area contributed by atoms with Crippen molar-refractivity contribution < 1.29 is 14.5 Å². The molecular formula is C15H11ClN2O4. The molecule has 0 saturated carbocycles. The number of benzene rings is 2. The maximum atomic E-state index is 12.1. The Morgan fingerprint density at radius 2 is 1.68 bits per heavy atom. The molecule has 0 unspecified atom stereocenters. The standard InChI is InChI=1S/C15H11ClN2O4/c1-9(19)10-2-5-12(6-3-10)17-15(20)11-4-7-13(16)14(8-11)18(21)22/h2-8H,1H3,(H,17,20). The second-order valence-corrected chi connectivity index (χ2v) is 4.92. The van der Waals surface area contributed by atoms with Gasteiger partial charge >= 0.3 is 0 Å². The average Bonchev–Trinajstić information content (AvgIpc) is 2.47. The van der Waals surface area contributed by atoms with Gasteiger partial charge < -0.3 is 5.32 Å². The first-order chi connectivity index (χ1) is 10.4. The molecule has 0 aliphatic rings. The van der Waals surface area contributed by atoms with E-state index in [1.807, 2.05) is 0 Å². The first kappa shape index (κ1) is 15.7. The fourth-order valence-electron chi connectivity index (χ4n) is 1.79. The van der Waals surface area contributed by atoms with Crippen molar-refractivity contribution in [1.29, 1.82) is 0 Å². The summed E-state index contributed by atoms with van der Waals surface area (Å²) in [7, 11) is 0. The minimum atomic E-state index is -0.652. The lowest BCUT2D eigenvalue weighted by atomic mass is 10.1. The van der Waals surface area contributed by atoms with Gasteiger partial charge in [-0.15, -0.1) is 0 Å². The zero-order chi connectivity index (χ0) is 16.3. The van der Waals surface area contributed by atoms with E-state index in [-0.39, 0.29) is 22.1 Å². The lowest BCUT2D eigenvalue weighted by molar-refractivity contribution is -0.384. The second kappa shape index (κ2) is 6.36. The van der Waals surface area contributed by atoms with E-state index < -0.39 is 10.8 Å². The van der Waals surface area contributed by atoms with Gasteiger partial charge in [-0.05, 0) is 43.3 Å². The van der Waals surface area contributed by atoms with Crippen LogP contribution in [0.5, 0.6) is 0 Å². The molecule has 0 fully saturated rings. The van der Waals surface area contributed by atoms with E-state index in [1.54, 1.807) is 24.3 Å². The molecule has 6 nitrogen and oxygen atoms in total. The Morgan fingerprint density at radius 1 is 1.09 bits per heavy atom. The zero-order valence-corrected chi connectivity index (χ0v) is 12.3. The topological polar surface area (TPSA) is 89.3 Å². The third-order valence-electron chi connectivity index (χ3n) is 2.95. The van der Waals surface area contributed by atoms with E-state index in [1.165, 1.54) is 19.1 Å². The predicted molar refractivity (Wildman–Crippen MR) is 82.5 cm³/mol. The lowest BCUT2D eigenvalue weighted by Gasteiger charge is -2.06. The van der Waals surface area contributed by atoms with Crippen LogP contribution in [-0.2, 0) is 0 Å². The molecule has 2 aromatic rings. The number of carbonyl (C=O) groups excluding carboxylic acids is 2. The summed E-state index contributed by atoms with van der Waals surface area (Å²) < 4.78 is 0. The van der Waals surface area contributed by atoms with Crippen LogP contribution < -0.4 is 5.32 Å². The van der Waals surface area contributed by atoms with E-state index in [4.69, 9.17) is 11.6 Å². The predicted octanol–water partition coefficient (Wildman–Crippen LogP) is 3.70. The van der Waals surface area contributed by atoms with Crippen LogP contribution >= 0.6 is 11.6 Å². The molecule has 0 saturated heterocycles. The molecule has 1 amide bonds. The first-order valence-corrected chi connectivity index (χ1v) is 6.62. The minimum Gasteiger partial charge on any atom is -0.322 e. The molecule has 0 aliphatic carbocycles. The van der Waals surface area contributed by atoms with Crippen molar-refractivity contribution in [3.8, 4) is 0 Å². The fraction of sp³-hybridized carbons (Fsp3) is 0.0667. The summed E-state index contributed by atoms with van der Waals surface area (Å²) in [5, 5.41) is 13.4. The van der Waals surface area contributed by atoms with Crippen LogP contribution in [0.3, 0.4) is 0 Å². The molecule has 1 N–H and O–H groups in total. The summed E-state index contributed by atoms with van der Waals surface area (Å²) >= 11 is 5.70. The highest BCUT2D eigenvalue weighted by Crippen LogP contribution is 2.25. The van der Waals surface area contributed by atoms with Crippen molar-refractivity contribution in [1.82, 2.24) is 0 Å². The molecule has 0 radical (unpaired) electrons. The molecule has 0 bridgehead atoms. The van der Waals surface area contributed by atoms with Crippen molar-refractivity contribution in [3.05, 3.63) is 68.7 Å². The highest BCUT2D eigenvalue weighted by Gasteiger charge is 2.16. The number of amides is 1. The quantitative estimate of drug-likeness (QED) is 0.528. The van der Waals surface area contributed by atoms with Gasteiger partial charge in [0.25, 0.3) is 11.6 Å². The average molecular weight is 319 g/mol. The number of hydrogen-bond donors (Lipinski definition) is 1. The van der Waals surface area contributed by atoms with E-state index in [9.17, 15) is 19.7 Å². The number of nitro benzene ring substituents is 1. The highest BCUT2D eigenvalue weighted by atomic mass is 35.5. The van der Waals surface area contributed by atoms with Crippen LogP contribution in [0, 0.1) is 10.1 Å². The summed E-state index contributed by atoms with van der Waals surface area (Å²) in [6.45, 7) is 1.44. The van der Waals surface area contributed by atoms with Crippen LogP contribution in [0.1, 0.15) is 27.6 Å². The zero-order valence-electron chi connectivity index (χ0n) is 11.5. The minimum absolute atomic E-state index is 0.0349. The Labute approximate surface area is 130 Å². The van der Waals surface area contributed by atoms with Gasteiger partial charge in [-0.3, -0.25) is 19.7 Å². The highest BCUT2D eigenvalue weighted by molar-refractivity contribution is 6.32. The van der Waals surface area contributed by atoms with Crippen molar-refractivity contribution in [2.75, 3.05) is 5.32 Å². The summed E-state index contributed by atoms with van der Waals surface area (Å²) in [6, 6.07) is 10.1. The van der Waals surface area contributed by atoms with Crippen LogP contribution in [0.25, 0.3) is 0 Å². The number of ketones is 1. The number of nitro groups is 1. The SMILES string of the molecule is CC(=O)c1ccc(NC(=O)c2ccc(Cl)c([N+](=O)[O-])c2)cc1. The monoisotopic (exact) mass is 318 g/mol. The van der Waals surface area contributed by atoms with Crippen molar-refractivity contribution in [3.63, 3.8) is 0 Å². The Bertz CT molecular complexity index is 757. The van der Waals surface area contributed by atoms with Crippen LogP contribution in [0.4, 0.5) is 11.4 Å². The number of Topliss-reactive ketones (excluding diaryl/α,β-unsaturated/α-hetero) is 1. The van der Waals surface area contributed by atoms with Gasteiger partial charge in [0.1, 0.15) is 5.02 Å². The Kier molecular flexibility index (Phi) is 4.53. The lowest BCUT2D eigenvalue weighted by Crippen LogP contribution is -2.12. The molecule has 0 spiro atoms. The van der Waals surface area contributed by atoms with Crippen LogP contribution in [0.15, 0.2) is 42.5 Å². The van der Waals surface area contributed by atoms with Crippen molar-refractivity contribution >= 4 is 34.7 Å². The molecule has 2 aromatic carbocycles. The van der Waals surface area contributed by atoms with E-state index in [0.717, 1.165) is 6.07 Å². The molecule has 22 heavy (non-hydrogen) atoms. The number of halogens is 1. The van der Waals surface area contributed by atoms with Crippen LogP contribution in [0.2, 0.25) is 5.02 Å². The number of rotatable bonds is 4. The molecule has 7 heteroatoms. The third kappa shape index (κ3) is 3.48. The van der Waals surface area contributed by atoms with Gasteiger partial charge in [0.2, 0.25) is 0 Å². The fourth-order valence-corrected chi connectivity index (χ4v) is 1.97. The number of hydrogen-bond acceptors (Lipinski definition) is 4. The number of anilines is 1. The molecule has 0 atom stereocenters. The number of nitrogens with one attached hydrogen (secondary N) is 1. The van der Waals surface area contributed by atoms with Crippen molar-refractivity contribution in [2.45, 2.75) is 6.92 Å². The molecule has 0 aliphatic heterocycles. The summed E-state index contributed by atoms with van der Waals surface area (Å²) in [4.78, 5) is 33.4. The summed E-state index contributed by atoms with van der Waals surface area (Å²) in [5.74, 6) is -0.582. The van der Waals surface area contributed by atoms with Gasteiger partial charge in [-0.25, -0.2) is 0 Å². The van der Waals surface area contributed by atoms with E-state index in [0.29, 0.717) is 11.3 Å². The molecular weight excluding hydrogens is 308 g/mol. The second-order valence-electron chi connectivity index (χ2n) is 4.51. The van der Waals surface area contributed by atoms with Gasteiger partial charge in [-0.2, -0.15) is 0 Å². The van der Waals surface area contributed by atoms with E-state index >= 15 is 0 Å². The molecule has 2 rings (SSSR count). The summed E-state index contributed by atoms with van der Waals surface area (Å²) in [5.41, 5.74) is 0.792. The smallest absolute Gasteiger partial charge is 0.288 e. The van der Waals surface area contributed by atoms with Crippen LogP contribution in [-0.4, -0.2) is 16.6 Å². The van der Waals surface area contributed by atoms with Gasteiger partial charge in [0.05, 0.1) is 4.92 Å². The Hall–Kier alpha value is -2.73.